The lowest BCUT2D eigenvalue weighted by Crippen LogP contribution is -2.46. The summed E-state index contributed by atoms with van der Waals surface area (Å²) in [6, 6.07) is 21.3. The number of carbonyl (C=O) groups is 3. The monoisotopic (exact) mass is 461 g/mol. The Balaban J connectivity index is 1.61. The Morgan fingerprint density at radius 3 is 2.39 bits per heavy atom. The van der Waals surface area contributed by atoms with Gasteiger partial charge in [0.25, 0.3) is 5.91 Å². The molecule has 1 aliphatic heterocycles. The Morgan fingerprint density at radius 2 is 1.70 bits per heavy atom. The third kappa shape index (κ3) is 4.34. The van der Waals surface area contributed by atoms with E-state index in [0.717, 1.165) is 21.6 Å². The first-order valence-corrected chi connectivity index (χ1v) is 11.0. The third-order valence-electron chi connectivity index (χ3n) is 5.93. The van der Waals surface area contributed by atoms with Crippen molar-refractivity contribution < 1.29 is 14.4 Å². The van der Waals surface area contributed by atoms with Gasteiger partial charge in [-0.15, -0.1) is 0 Å². The number of halogens is 1. The molecule has 0 radical (unpaired) electrons. The number of nitrogens with one attached hydrogen (secondary N) is 2. The molecule has 1 atom stereocenters. The molecule has 2 N–H and O–H groups in total. The van der Waals surface area contributed by atoms with E-state index in [0.29, 0.717) is 16.1 Å². The highest BCUT2D eigenvalue weighted by atomic mass is 35.5. The van der Waals surface area contributed by atoms with Crippen molar-refractivity contribution in [1.29, 1.82) is 0 Å². The molecular formula is C26H24ClN3O3. The van der Waals surface area contributed by atoms with Gasteiger partial charge in [0.15, 0.2) is 5.54 Å². The van der Waals surface area contributed by atoms with Gasteiger partial charge in [-0.25, -0.2) is 4.79 Å². The summed E-state index contributed by atoms with van der Waals surface area (Å²) in [7, 11) is 0. The van der Waals surface area contributed by atoms with Gasteiger partial charge in [-0.3, -0.25) is 14.5 Å². The van der Waals surface area contributed by atoms with Crippen molar-refractivity contribution in [3.8, 4) is 0 Å². The predicted molar refractivity (Wildman–Crippen MR) is 127 cm³/mol. The number of aryl methyl sites for hydroxylation is 2. The maximum absolute atomic E-state index is 13.7. The van der Waals surface area contributed by atoms with Gasteiger partial charge < -0.3 is 10.6 Å². The van der Waals surface area contributed by atoms with Gasteiger partial charge >= 0.3 is 6.03 Å². The molecule has 1 heterocycles. The summed E-state index contributed by atoms with van der Waals surface area (Å²) in [6.07, 6.45) is 0. The molecule has 1 saturated heterocycles. The van der Waals surface area contributed by atoms with Crippen molar-refractivity contribution >= 4 is 29.4 Å². The van der Waals surface area contributed by atoms with Crippen LogP contribution in [0.4, 0.5) is 4.79 Å². The SMILES string of the molecule is Cc1ccc([C@@]2(c3ccccc3)NC(=O)N(CC(=O)NCc3cccc(Cl)c3)C2=O)cc1C. The first-order chi connectivity index (χ1) is 15.8. The van der Waals surface area contributed by atoms with Crippen LogP contribution in [0.15, 0.2) is 72.8 Å². The number of hydrogen-bond donors (Lipinski definition) is 2. The Labute approximate surface area is 197 Å². The van der Waals surface area contributed by atoms with Gasteiger partial charge in [0, 0.05) is 11.6 Å². The van der Waals surface area contributed by atoms with E-state index < -0.39 is 23.4 Å². The molecule has 3 aromatic carbocycles. The standard InChI is InChI=1S/C26H24ClN3O3/c1-17-11-12-21(13-18(17)2)26(20-8-4-3-5-9-20)24(32)30(25(33)29-26)16-23(31)28-15-19-7-6-10-22(27)14-19/h3-14H,15-16H2,1-2H3,(H,28,31)(H,29,33)/t26-/m1/s1. The fraction of sp³-hybridized carbons (Fsp3) is 0.192. The number of urea groups is 1. The summed E-state index contributed by atoms with van der Waals surface area (Å²) in [6.45, 7) is 3.80. The molecule has 33 heavy (non-hydrogen) atoms. The molecule has 3 aromatic rings. The van der Waals surface area contributed by atoms with E-state index in [4.69, 9.17) is 11.6 Å². The van der Waals surface area contributed by atoms with E-state index in [1.807, 2.05) is 56.3 Å². The zero-order valence-electron chi connectivity index (χ0n) is 18.4. The molecular weight excluding hydrogens is 438 g/mol. The van der Waals surface area contributed by atoms with Crippen LogP contribution < -0.4 is 10.6 Å². The maximum atomic E-state index is 13.7. The number of nitrogens with zero attached hydrogens (tertiary/aromatic N) is 1. The van der Waals surface area contributed by atoms with Crippen LogP contribution in [0.1, 0.15) is 27.8 Å². The van der Waals surface area contributed by atoms with E-state index in [9.17, 15) is 14.4 Å². The van der Waals surface area contributed by atoms with Crippen molar-refractivity contribution in [1.82, 2.24) is 15.5 Å². The number of benzene rings is 3. The fourth-order valence-corrected chi connectivity index (χ4v) is 4.20. The summed E-state index contributed by atoms with van der Waals surface area (Å²) in [5.74, 6) is -0.928. The highest BCUT2D eigenvalue weighted by Crippen LogP contribution is 2.36. The van der Waals surface area contributed by atoms with E-state index in [2.05, 4.69) is 10.6 Å². The largest absolute Gasteiger partial charge is 0.350 e. The first-order valence-electron chi connectivity index (χ1n) is 10.6. The van der Waals surface area contributed by atoms with E-state index in [1.165, 1.54) is 0 Å². The second-order valence-electron chi connectivity index (χ2n) is 8.14. The quantitative estimate of drug-likeness (QED) is 0.543. The number of hydrogen-bond acceptors (Lipinski definition) is 3. The van der Waals surface area contributed by atoms with E-state index in [-0.39, 0.29) is 13.1 Å². The lowest BCUT2D eigenvalue weighted by Gasteiger charge is -2.28. The molecule has 7 heteroatoms. The van der Waals surface area contributed by atoms with Crippen molar-refractivity contribution in [3.63, 3.8) is 0 Å². The molecule has 0 unspecified atom stereocenters. The molecule has 0 spiro atoms. The zero-order valence-corrected chi connectivity index (χ0v) is 19.1. The summed E-state index contributed by atoms with van der Waals surface area (Å²) >= 11 is 5.99. The molecule has 0 saturated carbocycles. The van der Waals surface area contributed by atoms with Crippen LogP contribution in [0.25, 0.3) is 0 Å². The van der Waals surface area contributed by atoms with Crippen molar-refractivity contribution in [2.45, 2.75) is 25.9 Å². The predicted octanol–water partition coefficient (Wildman–Crippen LogP) is 4.07. The highest BCUT2D eigenvalue weighted by molar-refractivity contribution is 6.30. The summed E-state index contributed by atoms with van der Waals surface area (Å²) in [5.41, 5.74) is 2.79. The minimum absolute atomic E-state index is 0.240. The average Bonchev–Trinajstić information content (AvgIpc) is 3.06. The van der Waals surface area contributed by atoms with Crippen LogP contribution in [-0.4, -0.2) is 29.3 Å². The smallest absolute Gasteiger partial charge is 0.326 e. The second kappa shape index (κ2) is 9.08. The Bertz CT molecular complexity index is 1230. The molecule has 0 bridgehead atoms. The molecule has 0 aliphatic carbocycles. The molecule has 4 amide bonds. The summed E-state index contributed by atoms with van der Waals surface area (Å²) in [4.78, 5) is 40.3. The zero-order chi connectivity index (χ0) is 23.6. The van der Waals surface area contributed by atoms with Crippen LogP contribution >= 0.6 is 11.6 Å². The number of rotatable bonds is 6. The topological polar surface area (TPSA) is 78.5 Å². The first kappa shape index (κ1) is 22.6. The van der Waals surface area contributed by atoms with Crippen LogP contribution in [0.2, 0.25) is 5.02 Å². The Kier molecular flexibility index (Phi) is 6.20. The summed E-state index contributed by atoms with van der Waals surface area (Å²) in [5, 5.41) is 6.19. The van der Waals surface area contributed by atoms with Gasteiger partial charge in [-0.2, -0.15) is 0 Å². The Hall–Kier alpha value is -3.64. The molecule has 6 nitrogen and oxygen atoms in total. The van der Waals surface area contributed by atoms with Crippen molar-refractivity contribution in [2.24, 2.45) is 0 Å². The lowest BCUT2D eigenvalue weighted by molar-refractivity contribution is -0.134. The van der Waals surface area contributed by atoms with Crippen LogP contribution in [-0.2, 0) is 21.7 Å². The van der Waals surface area contributed by atoms with Gasteiger partial charge in [0.05, 0.1) is 0 Å². The van der Waals surface area contributed by atoms with Gasteiger partial charge in [-0.1, -0.05) is 72.3 Å². The fourth-order valence-electron chi connectivity index (χ4n) is 3.99. The van der Waals surface area contributed by atoms with Crippen molar-refractivity contribution in [3.05, 3.63) is 106 Å². The normalized spacial score (nSPS) is 17.7. The Morgan fingerprint density at radius 1 is 0.939 bits per heavy atom. The second-order valence-corrected chi connectivity index (χ2v) is 8.58. The van der Waals surface area contributed by atoms with Crippen molar-refractivity contribution in [2.75, 3.05) is 6.54 Å². The number of imide groups is 1. The minimum atomic E-state index is -1.40. The molecule has 4 rings (SSSR count). The molecule has 1 aliphatic rings. The molecule has 0 aromatic heterocycles. The number of amides is 4. The highest BCUT2D eigenvalue weighted by Gasteiger charge is 2.54. The van der Waals surface area contributed by atoms with Crippen LogP contribution in [0, 0.1) is 13.8 Å². The van der Waals surface area contributed by atoms with Gasteiger partial charge in [0.2, 0.25) is 5.91 Å². The van der Waals surface area contributed by atoms with E-state index in [1.54, 1.807) is 30.3 Å². The lowest BCUT2D eigenvalue weighted by atomic mass is 9.81. The van der Waals surface area contributed by atoms with Crippen LogP contribution in [0.5, 0.6) is 0 Å². The molecule has 1 fully saturated rings. The van der Waals surface area contributed by atoms with Gasteiger partial charge in [0.1, 0.15) is 6.54 Å². The average molecular weight is 462 g/mol. The third-order valence-corrected chi connectivity index (χ3v) is 6.17. The maximum Gasteiger partial charge on any atom is 0.326 e. The van der Waals surface area contributed by atoms with Crippen LogP contribution in [0.3, 0.4) is 0 Å². The van der Waals surface area contributed by atoms with E-state index >= 15 is 0 Å². The number of carbonyl (C=O) groups excluding carboxylic acids is 3. The minimum Gasteiger partial charge on any atom is -0.350 e. The van der Waals surface area contributed by atoms with Gasteiger partial charge in [-0.05, 0) is 53.8 Å². The summed E-state index contributed by atoms with van der Waals surface area (Å²) < 4.78 is 0. The molecule has 168 valence electrons.